The van der Waals surface area contributed by atoms with Gasteiger partial charge >= 0.3 is 12.0 Å². The van der Waals surface area contributed by atoms with Gasteiger partial charge < -0.3 is 19.3 Å². The van der Waals surface area contributed by atoms with E-state index in [0.29, 0.717) is 25.9 Å². The van der Waals surface area contributed by atoms with Gasteiger partial charge in [-0.1, -0.05) is 6.92 Å². The molecule has 1 aromatic heterocycles. The van der Waals surface area contributed by atoms with E-state index in [1.165, 1.54) is 9.80 Å². The molecule has 0 radical (unpaired) electrons. The number of carboxylic acids is 1. The van der Waals surface area contributed by atoms with Gasteiger partial charge in [0.15, 0.2) is 0 Å². The SMILES string of the molecule is CCC1(C(=O)O)CCCN1C(=O)N(C)Cc1ccoc1. The van der Waals surface area contributed by atoms with Crippen LogP contribution in [0.2, 0.25) is 0 Å². The normalized spacial score (nSPS) is 22.0. The summed E-state index contributed by atoms with van der Waals surface area (Å²) in [7, 11) is 1.68. The number of urea groups is 1. The third-order valence-electron chi connectivity index (χ3n) is 4.03. The van der Waals surface area contributed by atoms with Gasteiger partial charge in [0, 0.05) is 19.2 Å². The van der Waals surface area contributed by atoms with Gasteiger partial charge in [-0.15, -0.1) is 0 Å². The number of hydrogen-bond donors (Lipinski definition) is 1. The maximum absolute atomic E-state index is 12.5. The predicted octanol–water partition coefficient (Wildman–Crippen LogP) is 2.16. The van der Waals surface area contributed by atoms with Crippen molar-refractivity contribution in [1.82, 2.24) is 9.80 Å². The van der Waals surface area contributed by atoms with E-state index in [9.17, 15) is 14.7 Å². The summed E-state index contributed by atoms with van der Waals surface area (Å²) in [5.74, 6) is -0.914. The molecule has 1 N–H and O–H groups in total. The quantitative estimate of drug-likeness (QED) is 0.917. The molecule has 1 aliphatic rings. The zero-order valence-corrected chi connectivity index (χ0v) is 11.8. The monoisotopic (exact) mass is 280 g/mol. The Morgan fingerprint density at radius 1 is 1.55 bits per heavy atom. The van der Waals surface area contributed by atoms with E-state index in [2.05, 4.69) is 0 Å². The molecule has 1 saturated heterocycles. The van der Waals surface area contributed by atoms with E-state index in [4.69, 9.17) is 4.42 Å². The minimum absolute atomic E-state index is 0.243. The second-order valence-electron chi connectivity index (χ2n) is 5.22. The highest BCUT2D eigenvalue weighted by atomic mass is 16.4. The fourth-order valence-electron chi connectivity index (χ4n) is 2.83. The molecule has 6 heteroatoms. The molecular formula is C14H20N2O4. The Labute approximate surface area is 118 Å². The molecule has 1 aromatic rings. The predicted molar refractivity (Wildman–Crippen MR) is 72.2 cm³/mol. The summed E-state index contributed by atoms with van der Waals surface area (Å²) in [6.07, 6.45) is 4.80. The molecule has 2 rings (SSSR count). The molecule has 0 saturated carbocycles. The number of rotatable bonds is 4. The third-order valence-corrected chi connectivity index (χ3v) is 4.03. The number of hydrogen-bond acceptors (Lipinski definition) is 3. The van der Waals surface area contributed by atoms with Crippen LogP contribution >= 0.6 is 0 Å². The maximum Gasteiger partial charge on any atom is 0.329 e. The van der Waals surface area contributed by atoms with Gasteiger partial charge in [0.1, 0.15) is 5.54 Å². The summed E-state index contributed by atoms with van der Waals surface area (Å²) in [5, 5.41) is 9.49. The van der Waals surface area contributed by atoms with Crippen LogP contribution in [0.4, 0.5) is 4.79 Å². The molecular weight excluding hydrogens is 260 g/mol. The van der Waals surface area contributed by atoms with Crippen molar-refractivity contribution in [3.63, 3.8) is 0 Å². The molecule has 0 aromatic carbocycles. The molecule has 2 amide bonds. The van der Waals surface area contributed by atoms with Crippen LogP contribution in [0.15, 0.2) is 23.0 Å². The van der Waals surface area contributed by atoms with Crippen molar-refractivity contribution in [2.24, 2.45) is 0 Å². The van der Waals surface area contributed by atoms with Crippen LogP contribution in [0, 0.1) is 0 Å². The van der Waals surface area contributed by atoms with Gasteiger partial charge in [-0.2, -0.15) is 0 Å². The molecule has 1 fully saturated rings. The Morgan fingerprint density at radius 3 is 2.85 bits per heavy atom. The molecule has 1 atom stereocenters. The second kappa shape index (κ2) is 5.56. The highest BCUT2D eigenvalue weighted by molar-refractivity contribution is 5.87. The van der Waals surface area contributed by atoms with E-state index >= 15 is 0 Å². The lowest BCUT2D eigenvalue weighted by atomic mass is 9.93. The number of carboxylic acid groups (broad SMARTS) is 1. The molecule has 110 valence electrons. The molecule has 6 nitrogen and oxygen atoms in total. The average Bonchev–Trinajstić information content (AvgIpc) is 3.06. The third kappa shape index (κ3) is 2.37. The Hall–Kier alpha value is -1.98. The first kappa shape index (κ1) is 14.4. The standard InChI is InChI=1S/C14H20N2O4/c1-3-14(12(17)18)6-4-7-16(14)13(19)15(2)9-11-5-8-20-10-11/h5,8,10H,3-4,6-7,9H2,1-2H3,(H,17,18). The lowest BCUT2D eigenvalue weighted by Gasteiger charge is -2.36. The van der Waals surface area contributed by atoms with Crippen LogP contribution < -0.4 is 0 Å². The van der Waals surface area contributed by atoms with Crippen LogP contribution in [0.1, 0.15) is 31.7 Å². The molecule has 0 bridgehead atoms. The summed E-state index contributed by atoms with van der Waals surface area (Å²) in [4.78, 5) is 27.1. The molecule has 20 heavy (non-hydrogen) atoms. The fraction of sp³-hybridized carbons (Fsp3) is 0.571. The molecule has 1 unspecified atom stereocenters. The average molecular weight is 280 g/mol. The number of carbonyl (C=O) groups is 2. The zero-order valence-electron chi connectivity index (χ0n) is 11.8. The van der Waals surface area contributed by atoms with Crippen LogP contribution in [-0.4, -0.2) is 46.0 Å². The highest BCUT2D eigenvalue weighted by Crippen LogP contribution is 2.33. The highest BCUT2D eigenvalue weighted by Gasteiger charge is 2.49. The van der Waals surface area contributed by atoms with Crippen molar-refractivity contribution >= 4 is 12.0 Å². The number of likely N-dealkylation sites (tertiary alicyclic amines) is 1. The fourth-order valence-corrected chi connectivity index (χ4v) is 2.83. The van der Waals surface area contributed by atoms with Crippen LogP contribution in [0.3, 0.4) is 0 Å². The first-order valence-electron chi connectivity index (χ1n) is 6.78. The largest absolute Gasteiger partial charge is 0.479 e. The Balaban J connectivity index is 2.13. The van der Waals surface area contributed by atoms with Crippen LogP contribution in [0.5, 0.6) is 0 Å². The van der Waals surface area contributed by atoms with Crippen LogP contribution in [-0.2, 0) is 11.3 Å². The van der Waals surface area contributed by atoms with Gasteiger partial charge in [0.05, 0.1) is 19.1 Å². The molecule has 2 heterocycles. The van der Waals surface area contributed by atoms with Crippen LogP contribution in [0.25, 0.3) is 0 Å². The van der Waals surface area contributed by atoms with E-state index in [1.807, 2.05) is 6.92 Å². The summed E-state index contributed by atoms with van der Waals surface area (Å²) in [5.41, 5.74) is -0.167. The molecule has 0 spiro atoms. The number of amides is 2. The Bertz CT molecular complexity index is 485. The zero-order chi connectivity index (χ0) is 14.8. The topological polar surface area (TPSA) is 74.0 Å². The Kier molecular flexibility index (Phi) is 4.01. The van der Waals surface area contributed by atoms with E-state index in [-0.39, 0.29) is 6.03 Å². The van der Waals surface area contributed by atoms with Gasteiger partial charge in [0.2, 0.25) is 0 Å². The summed E-state index contributed by atoms with van der Waals surface area (Å²) < 4.78 is 4.98. The number of nitrogens with zero attached hydrogens (tertiary/aromatic N) is 2. The van der Waals surface area contributed by atoms with Crippen molar-refractivity contribution in [1.29, 1.82) is 0 Å². The number of carbonyl (C=O) groups excluding carboxylic acids is 1. The van der Waals surface area contributed by atoms with Gasteiger partial charge in [-0.3, -0.25) is 0 Å². The van der Waals surface area contributed by atoms with Gasteiger partial charge in [-0.05, 0) is 25.3 Å². The molecule has 0 aliphatic carbocycles. The van der Waals surface area contributed by atoms with E-state index in [0.717, 1.165) is 12.0 Å². The smallest absolute Gasteiger partial charge is 0.329 e. The van der Waals surface area contributed by atoms with Gasteiger partial charge in [-0.25, -0.2) is 9.59 Å². The number of furan rings is 1. The molecule has 1 aliphatic heterocycles. The maximum atomic E-state index is 12.5. The summed E-state index contributed by atoms with van der Waals surface area (Å²) >= 11 is 0. The lowest BCUT2D eigenvalue weighted by Crippen LogP contribution is -2.55. The minimum atomic E-state index is -1.05. The first-order valence-corrected chi connectivity index (χ1v) is 6.78. The van der Waals surface area contributed by atoms with E-state index in [1.54, 1.807) is 25.6 Å². The Morgan fingerprint density at radius 2 is 2.30 bits per heavy atom. The minimum Gasteiger partial charge on any atom is -0.479 e. The van der Waals surface area contributed by atoms with Crippen molar-refractivity contribution in [3.05, 3.63) is 24.2 Å². The van der Waals surface area contributed by atoms with E-state index < -0.39 is 11.5 Å². The van der Waals surface area contributed by atoms with Crippen molar-refractivity contribution in [2.45, 2.75) is 38.3 Å². The number of aliphatic carboxylic acids is 1. The lowest BCUT2D eigenvalue weighted by molar-refractivity contribution is -0.148. The van der Waals surface area contributed by atoms with Gasteiger partial charge in [0.25, 0.3) is 0 Å². The van der Waals surface area contributed by atoms with Crippen molar-refractivity contribution < 1.29 is 19.1 Å². The summed E-state index contributed by atoms with van der Waals surface area (Å²) in [6, 6.07) is 1.55. The second-order valence-corrected chi connectivity index (χ2v) is 5.22. The summed E-state index contributed by atoms with van der Waals surface area (Å²) in [6.45, 7) is 2.72. The van der Waals surface area contributed by atoms with Crippen molar-refractivity contribution in [2.75, 3.05) is 13.6 Å². The first-order chi connectivity index (χ1) is 9.51. The van der Waals surface area contributed by atoms with Crippen molar-refractivity contribution in [3.8, 4) is 0 Å².